The Morgan fingerprint density at radius 3 is 2.75 bits per heavy atom. The molecule has 1 saturated heterocycles. The number of carbonyl (C=O) groups is 1. The van der Waals surface area contributed by atoms with Gasteiger partial charge in [0.1, 0.15) is 6.04 Å². The standard InChI is InChI=1S/C22H26N4O2/c1-3-28-22(27)26-13-11-25(12-14-26)21(17-7-6-10-23-15-17)20-16(2)24-19-9-5-4-8-18(19)20/h4-10,15,21,24H,3,11-14H2,1-2H3/p+1/t21-/m0/s1. The Kier molecular flexibility index (Phi) is 5.30. The molecule has 6 heteroatoms. The first-order valence-corrected chi connectivity index (χ1v) is 9.92. The summed E-state index contributed by atoms with van der Waals surface area (Å²) in [6.07, 6.45) is 3.58. The molecule has 1 aromatic carbocycles. The van der Waals surface area contributed by atoms with Crippen molar-refractivity contribution in [2.45, 2.75) is 19.9 Å². The molecule has 0 spiro atoms. The van der Waals surface area contributed by atoms with Gasteiger partial charge in [-0.05, 0) is 32.0 Å². The van der Waals surface area contributed by atoms with Crippen molar-refractivity contribution in [3.63, 3.8) is 0 Å². The van der Waals surface area contributed by atoms with Crippen molar-refractivity contribution in [2.75, 3.05) is 32.8 Å². The summed E-state index contributed by atoms with van der Waals surface area (Å²) in [7, 11) is 0. The number of aromatic nitrogens is 2. The highest BCUT2D eigenvalue weighted by atomic mass is 16.6. The number of pyridine rings is 1. The van der Waals surface area contributed by atoms with E-state index in [1.54, 1.807) is 0 Å². The number of nitrogens with zero attached hydrogens (tertiary/aromatic N) is 2. The zero-order chi connectivity index (χ0) is 19.5. The summed E-state index contributed by atoms with van der Waals surface area (Å²) >= 11 is 0. The fourth-order valence-electron chi connectivity index (χ4n) is 4.30. The van der Waals surface area contributed by atoms with Gasteiger partial charge in [-0.2, -0.15) is 0 Å². The molecule has 1 aliphatic heterocycles. The van der Waals surface area contributed by atoms with Crippen molar-refractivity contribution in [2.24, 2.45) is 0 Å². The van der Waals surface area contributed by atoms with Gasteiger partial charge in [0.2, 0.25) is 0 Å². The van der Waals surface area contributed by atoms with E-state index < -0.39 is 0 Å². The molecule has 0 radical (unpaired) electrons. The molecule has 1 amide bonds. The number of ether oxygens (including phenoxy) is 1. The number of aromatic amines is 1. The van der Waals surface area contributed by atoms with Crippen LogP contribution in [0.1, 0.15) is 29.8 Å². The fourth-order valence-corrected chi connectivity index (χ4v) is 4.30. The minimum Gasteiger partial charge on any atom is -0.450 e. The predicted octanol–water partition coefficient (Wildman–Crippen LogP) is 2.32. The Morgan fingerprint density at radius 1 is 1.25 bits per heavy atom. The van der Waals surface area contributed by atoms with E-state index >= 15 is 0 Å². The smallest absolute Gasteiger partial charge is 0.410 e. The van der Waals surface area contributed by atoms with Crippen LogP contribution >= 0.6 is 0 Å². The lowest BCUT2D eigenvalue weighted by molar-refractivity contribution is -0.929. The van der Waals surface area contributed by atoms with E-state index in [0.717, 1.165) is 18.6 Å². The topological polar surface area (TPSA) is 62.7 Å². The Bertz CT molecular complexity index is 946. The van der Waals surface area contributed by atoms with Crippen molar-refractivity contribution in [3.8, 4) is 0 Å². The first kappa shape index (κ1) is 18.5. The minimum atomic E-state index is -0.206. The van der Waals surface area contributed by atoms with E-state index in [2.05, 4.69) is 47.2 Å². The summed E-state index contributed by atoms with van der Waals surface area (Å²) in [6.45, 7) is 7.55. The largest absolute Gasteiger partial charge is 0.450 e. The Morgan fingerprint density at radius 2 is 2.04 bits per heavy atom. The number of H-pyrrole nitrogens is 1. The third-order valence-corrected chi connectivity index (χ3v) is 5.59. The number of rotatable bonds is 4. The summed E-state index contributed by atoms with van der Waals surface area (Å²) < 4.78 is 5.17. The molecule has 28 heavy (non-hydrogen) atoms. The second-order valence-corrected chi connectivity index (χ2v) is 7.27. The number of fused-ring (bicyclic) bond motifs is 1. The van der Waals surface area contributed by atoms with E-state index in [9.17, 15) is 4.79 Å². The van der Waals surface area contributed by atoms with Crippen LogP contribution in [-0.4, -0.2) is 53.7 Å². The molecule has 2 aromatic heterocycles. The highest BCUT2D eigenvalue weighted by molar-refractivity contribution is 5.85. The number of hydrogen-bond acceptors (Lipinski definition) is 3. The minimum absolute atomic E-state index is 0.175. The molecule has 0 saturated carbocycles. The molecule has 0 bridgehead atoms. The van der Waals surface area contributed by atoms with Crippen LogP contribution in [-0.2, 0) is 4.74 Å². The third kappa shape index (κ3) is 3.47. The van der Waals surface area contributed by atoms with Crippen LogP contribution in [0.15, 0.2) is 48.8 Å². The number of amides is 1. The number of carbonyl (C=O) groups excluding carboxylic acids is 1. The van der Waals surface area contributed by atoms with E-state index in [1.807, 2.05) is 30.3 Å². The number of piperazine rings is 1. The van der Waals surface area contributed by atoms with Gasteiger partial charge in [0.15, 0.2) is 0 Å². The summed E-state index contributed by atoms with van der Waals surface area (Å²) in [5.74, 6) is 0. The molecular formula is C22H27N4O2+. The van der Waals surface area contributed by atoms with Gasteiger partial charge in [-0.3, -0.25) is 9.88 Å². The van der Waals surface area contributed by atoms with Crippen LogP contribution in [0.3, 0.4) is 0 Å². The van der Waals surface area contributed by atoms with Gasteiger partial charge in [0, 0.05) is 40.1 Å². The van der Waals surface area contributed by atoms with Crippen LogP contribution in [0.2, 0.25) is 0 Å². The molecular weight excluding hydrogens is 352 g/mol. The molecule has 3 heterocycles. The maximum absolute atomic E-state index is 12.1. The second-order valence-electron chi connectivity index (χ2n) is 7.27. The maximum Gasteiger partial charge on any atom is 0.410 e. The number of para-hydroxylation sites is 1. The van der Waals surface area contributed by atoms with Gasteiger partial charge in [-0.25, -0.2) is 4.79 Å². The second kappa shape index (κ2) is 8.02. The summed E-state index contributed by atoms with van der Waals surface area (Å²) in [5, 5.41) is 1.26. The molecule has 2 N–H and O–H groups in total. The average Bonchev–Trinajstić information content (AvgIpc) is 3.06. The summed E-state index contributed by atoms with van der Waals surface area (Å²) in [6, 6.07) is 12.8. The SMILES string of the molecule is CCOC(=O)N1CC[NH+]([C@@H](c2cccnc2)c2c(C)[nH]c3ccccc23)CC1. The van der Waals surface area contributed by atoms with Crippen molar-refractivity contribution in [3.05, 3.63) is 65.6 Å². The predicted molar refractivity (Wildman–Crippen MR) is 108 cm³/mol. The molecule has 4 rings (SSSR count). The van der Waals surface area contributed by atoms with E-state index in [4.69, 9.17) is 4.74 Å². The van der Waals surface area contributed by atoms with Gasteiger partial charge in [-0.1, -0.05) is 18.2 Å². The summed E-state index contributed by atoms with van der Waals surface area (Å²) in [4.78, 5) is 23.3. The van der Waals surface area contributed by atoms with Gasteiger partial charge in [0.05, 0.1) is 32.8 Å². The normalized spacial score (nSPS) is 16.3. The lowest BCUT2D eigenvalue weighted by atomic mass is 9.95. The summed E-state index contributed by atoms with van der Waals surface area (Å²) in [5.41, 5.74) is 4.88. The van der Waals surface area contributed by atoms with E-state index in [1.165, 1.54) is 27.1 Å². The number of quaternary nitrogens is 1. The van der Waals surface area contributed by atoms with Gasteiger partial charge >= 0.3 is 6.09 Å². The van der Waals surface area contributed by atoms with Crippen molar-refractivity contribution in [1.29, 1.82) is 0 Å². The first-order valence-electron chi connectivity index (χ1n) is 9.92. The molecule has 0 unspecified atom stereocenters. The molecule has 1 fully saturated rings. The molecule has 3 aromatic rings. The molecule has 1 aliphatic rings. The average molecular weight is 379 g/mol. The number of hydrogen-bond donors (Lipinski definition) is 2. The maximum atomic E-state index is 12.1. The van der Waals surface area contributed by atoms with Crippen LogP contribution in [0, 0.1) is 6.92 Å². The van der Waals surface area contributed by atoms with Crippen LogP contribution in [0.25, 0.3) is 10.9 Å². The van der Waals surface area contributed by atoms with Gasteiger partial charge < -0.3 is 14.6 Å². The lowest BCUT2D eigenvalue weighted by Crippen LogP contribution is -3.15. The van der Waals surface area contributed by atoms with Crippen molar-refractivity contribution >= 4 is 17.0 Å². The van der Waals surface area contributed by atoms with Gasteiger partial charge in [-0.15, -0.1) is 0 Å². The van der Waals surface area contributed by atoms with Crippen LogP contribution in [0.5, 0.6) is 0 Å². The van der Waals surface area contributed by atoms with E-state index in [-0.39, 0.29) is 12.1 Å². The Hall–Kier alpha value is -2.86. The molecule has 1 atom stereocenters. The highest BCUT2D eigenvalue weighted by Crippen LogP contribution is 2.30. The lowest BCUT2D eigenvalue weighted by Gasteiger charge is -2.36. The van der Waals surface area contributed by atoms with Crippen LogP contribution < -0.4 is 4.90 Å². The fraction of sp³-hybridized carbons (Fsp3) is 0.364. The Labute approximate surface area is 165 Å². The number of benzene rings is 1. The van der Waals surface area contributed by atoms with E-state index in [0.29, 0.717) is 19.7 Å². The molecule has 0 aliphatic carbocycles. The number of nitrogens with one attached hydrogen (secondary N) is 2. The van der Waals surface area contributed by atoms with Crippen molar-refractivity contribution < 1.29 is 14.4 Å². The van der Waals surface area contributed by atoms with Crippen molar-refractivity contribution in [1.82, 2.24) is 14.9 Å². The zero-order valence-electron chi connectivity index (χ0n) is 16.4. The first-order chi connectivity index (χ1) is 13.7. The van der Waals surface area contributed by atoms with Gasteiger partial charge in [0.25, 0.3) is 0 Å². The van der Waals surface area contributed by atoms with Crippen LogP contribution in [0.4, 0.5) is 4.79 Å². The number of aryl methyl sites for hydroxylation is 1. The Balaban J connectivity index is 1.68. The highest BCUT2D eigenvalue weighted by Gasteiger charge is 2.34. The third-order valence-electron chi connectivity index (χ3n) is 5.59. The zero-order valence-corrected chi connectivity index (χ0v) is 16.4. The molecule has 6 nitrogen and oxygen atoms in total. The monoisotopic (exact) mass is 379 g/mol. The molecule has 146 valence electrons. The quantitative estimate of drug-likeness (QED) is 0.731.